The molecule has 21 heavy (non-hydrogen) atoms. The molecule has 0 aliphatic carbocycles. The van der Waals surface area contributed by atoms with Crippen LogP contribution in [0.15, 0.2) is 29.2 Å². The van der Waals surface area contributed by atoms with E-state index in [9.17, 15) is 0 Å². The second kappa shape index (κ2) is 10.3. The fourth-order valence-electron chi connectivity index (χ4n) is 2.14. The van der Waals surface area contributed by atoms with E-state index in [1.165, 1.54) is 54.7 Å². The number of rotatable bonds is 10. The highest BCUT2D eigenvalue weighted by molar-refractivity contribution is 7.99. The lowest BCUT2D eigenvalue weighted by atomic mass is 10.1. The molecule has 0 radical (unpaired) electrons. The first-order valence-corrected chi connectivity index (χ1v) is 9.46. The highest BCUT2D eigenvalue weighted by Gasteiger charge is 2.07. The predicted molar refractivity (Wildman–Crippen MR) is 97.1 cm³/mol. The minimum Gasteiger partial charge on any atom is -0.308 e. The lowest BCUT2D eigenvalue weighted by Gasteiger charge is -2.20. The molecule has 1 N–H and O–H groups in total. The molecule has 0 spiro atoms. The van der Waals surface area contributed by atoms with E-state index in [0.717, 1.165) is 6.54 Å². The van der Waals surface area contributed by atoms with Crippen molar-refractivity contribution >= 4 is 11.8 Å². The van der Waals surface area contributed by atoms with Crippen LogP contribution < -0.4 is 5.32 Å². The first kappa shape index (κ1) is 18.6. The van der Waals surface area contributed by atoms with Gasteiger partial charge in [0.1, 0.15) is 0 Å². The first-order chi connectivity index (χ1) is 10.0. The monoisotopic (exact) mass is 307 g/mol. The zero-order valence-electron chi connectivity index (χ0n) is 14.4. The summed E-state index contributed by atoms with van der Waals surface area (Å²) in [5.74, 6) is 1.26. The SMILES string of the molecule is CCCCCCCCSc1ccc(CNC(C)(C)C)cc1. The summed E-state index contributed by atoms with van der Waals surface area (Å²) in [6, 6.07) is 9.04. The molecular formula is C19H33NS. The van der Waals surface area contributed by atoms with E-state index in [1.54, 1.807) is 0 Å². The number of hydrogen-bond donors (Lipinski definition) is 1. The predicted octanol–water partition coefficient (Wildman–Crippen LogP) is 6.03. The minimum atomic E-state index is 0.186. The molecule has 0 saturated carbocycles. The normalized spacial score (nSPS) is 11.8. The van der Waals surface area contributed by atoms with Gasteiger partial charge in [0, 0.05) is 17.0 Å². The lowest BCUT2D eigenvalue weighted by molar-refractivity contribution is 0.424. The Hall–Kier alpha value is -0.470. The maximum Gasteiger partial charge on any atom is 0.0210 e. The molecule has 0 aliphatic rings. The van der Waals surface area contributed by atoms with Gasteiger partial charge in [-0.15, -0.1) is 11.8 Å². The lowest BCUT2D eigenvalue weighted by Crippen LogP contribution is -2.35. The Morgan fingerprint density at radius 2 is 1.52 bits per heavy atom. The average molecular weight is 308 g/mol. The highest BCUT2D eigenvalue weighted by atomic mass is 32.2. The molecule has 0 saturated heterocycles. The molecule has 1 aromatic rings. The summed E-state index contributed by atoms with van der Waals surface area (Å²) in [6.07, 6.45) is 8.30. The van der Waals surface area contributed by atoms with Crippen molar-refractivity contribution in [2.45, 2.75) is 83.2 Å². The Kier molecular flexibility index (Phi) is 9.10. The van der Waals surface area contributed by atoms with Crippen LogP contribution in [0.25, 0.3) is 0 Å². The van der Waals surface area contributed by atoms with Crippen LogP contribution in [0.4, 0.5) is 0 Å². The van der Waals surface area contributed by atoms with Crippen molar-refractivity contribution in [1.29, 1.82) is 0 Å². The van der Waals surface area contributed by atoms with Crippen molar-refractivity contribution in [3.8, 4) is 0 Å². The van der Waals surface area contributed by atoms with E-state index >= 15 is 0 Å². The quantitative estimate of drug-likeness (QED) is 0.418. The number of hydrogen-bond acceptors (Lipinski definition) is 2. The Morgan fingerprint density at radius 1 is 0.905 bits per heavy atom. The second-order valence-corrected chi connectivity index (χ2v) is 8.03. The molecular weight excluding hydrogens is 274 g/mol. The fraction of sp³-hybridized carbons (Fsp3) is 0.684. The van der Waals surface area contributed by atoms with Gasteiger partial charge in [0.2, 0.25) is 0 Å². The van der Waals surface area contributed by atoms with E-state index < -0.39 is 0 Å². The minimum absolute atomic E-state index is 0.186. The highest BCUT2D eigenvalue weighted by Crippen LogP contribution is 2.20. The molecule has 1 rings (SSSR count). The van der Waals surface area contributed by atoms with Crippen LogP contribution in [0.3, 0.4) is 0 Å². The Morgan fingerprint density at radius 3 is 2.14 bits per heavy atom. The summed E-state index contributed by atoms with van der Waals surface area (Å²) < 4.78 is 0. The third kappa shape index (κ3) is 9.97. The molecule has 0 aromatic heterocycles. The molecule has 1 nitrogen and oxygen atoms in total. The van der Waals surface area contributed by atoms with E-state index in [2.05, 4.69) is 57.3 Å². The molecule has 2 heteroatoms. The van der Waals surface area contributed by atoms with Gasteiger partial charge in [-0.1, -0.05) is 51.2 Å². The van der Waals surface area contributed by atoms with Gasteiger partial charge < -0.3 is 5.32 Å². The first-order valence-electron chi connectivity index (χ1n) is 8.48. The van der Waals surface area contributed by atoms with E-state index in [-0.39, 0.29) is 5.54 Å². The largest absolute Gasteiger partial charge is 0.308 e. The molecule has 0 aliphatic heterocycles. The average Bonchev–Trinajstić information content (AvgIpc) is 2.44. The van der Waals surface area contributed by atoms with Crippen LogP contribution in [0.1, 0.15) is 71.8 Å². The maximum atomic E-state index is 3.53. The number of thioether (sulfide) groups is 1. The van der Waals surface area contributed by atoms with Crippen molar-refractivity contribution in [3.63, 3.8) is 0 Å². The smallest absolute Gasteiger partial charge is 0.0210 e. The third-order valence-corrected chi connectivity index (χ3v) is 4.61. The van der Waals surface area contributed by atoms with Crippen molar-refractivity contribution < 1.29 is 0 Å². The van der Waals surface area contributed by atoms with Crippen molar-refractivity contribution in [2.24, 2.45) is 0 Å². The molecule has 0 atom stereocenters. The van der Waals surface area contributed by atoms with Gasteiger partial charge in [0.25, 0.3) is 0 Å². The molecule has 120 valence electrons. The van der Waals surface area contributed by atoms with Gasteiger partial charge in [-0.3, -0.25) is 0 Å². The molecule has 0 bridgehead atoms. The number of benzene rings is 1. The van der Waals surface area contributed by atoms with E-state index in [0.29, 0.717) is 0 Å². The van der Waals surface area contributed by atoms with Crippen LogP contribution in [-0.4, -0.2) is 11.3 Å². The van der Waals surface area contributed by atoms with Crippen molar-refractivity contribution in [1.82, 2.24) is 5.32 Å². The van der Waals surface area contributed by atoms with Gasteiger partial charge in [-0.25, -0.2) is 0 Å². The zero-order valence-corrected chi connectivity index (χ0v) is 15.2. The summed E-state index contributed by atoms with van der Waals surface area (Å²) in [7, 11) is 0. The van der Waals surface area contributed by atoms with Crippen LogP contribution in [0, 0.1) is 0 Å². The van der Waals surface area contributed by atoms with Gasteiger partial charge in [-0.05, 0) is 50.6 Å². The topological polar surface area (TPSA) is 12.0 Å². The van der Waals surface area contributed by atoms with Crippen molar-refractivity contribution in [3.05, 3.63) is 29.8 Å². The Balaban J connectivity index is 2.16. The van der Waals surface area contributed by atoms with Gasteiger partial charge >= 0.3 is 0 Å². The summed E-state index contributed by atoms with van der Waals surface area (Å²) in [5.41, 5.74) is 1.56. The number of nitrogens with one attached hydrogen (secondary N) is 1. The van der Waals surface area contributed by atoms with Gasteiger partial charge in [0.15, 0.2) is 0 Å². The van der Waals surface area contributed by atoms with Crippen LogP contribution in [0.2, 0.25) is 0 Å². The summed E-state index contributed by atoms with van der Waals surface area (Å²) in [4.78, 5) is 1.41. The van der Waals surface area contributed by atoms with E-state index in [1.807, 2.05) is 11.8 Å². The standard InChI is InChI=1S/C19H33NS/c1-5-6-7-8-9-10-15-21-18-13-11-17(12-14-18)16-20-19(2,3)4/h11-14,20H,5-10,15-16H2,1-4H3. The summed E-state index contributed by atoms with van der Waals surface area (Å²) in [6.45, 7) is 9.84. The van der Waals surface area contributed by atoms with Crippen molar-refractivity contribution in [2.75, 3.05) is 5.75 Å². The zero-order chi connectivity index (χ0) is 15.6. The maximum absolute atomic E-state index is 3.53. The number of unbranched alkanes of at least 4 members (excludes halogenated alkanes) is 5. The fourth-order valence-corrected chi connectivity index (χ4v) is 3.06. The van der Waals surface area contributed by atoms with Gasteiger partial charge in [0.05, 0.1) is 0 Å². The molecule has 1 aromatic carbocycles. The second-order valence-electron chi connectivity index (χ2n) is 6.86. The molecule has 0 heterocycles. The Labute approximate surface area is 136 Å². The Bertz CT molecular complexity index is 364. The molecule has 0 amide bonds. The summed E-state index contributed by atoms with van der Waals surface area (Å²) in [5, 5.41) is 3.53. The van der Waals surface area contributed by atoms with Crippen LogP contribution in [-0.2, 0) is 6.54 Å². The third-order valence-electron chi connectivity index (χ3n) is 3.51. The van der Waals surface area contributed by atoms with E-state index in [4.69, 9.17) is 0 Å². The van der Waals surface area contributed by atoms with Crippen LogP contribution in [0.5, 0.6) is 0 Å². The van der Waals surface area contributed by atoms with Gasteiger partial charge in [-0.2, -0.15) is 0 Å². The summed E-state index contributed by atoms with van der Waals surface area (Å²) >= 11 is 2.00. The molecule has 0 unspecified atom stereocenters. The van der Waals surface area contributed by atoms with Crippen LogP contribution >= 0.6 is 11.8 Å². The molecule has 0 fully saturated rings.